The van der Waals surface area contributed by atoms with E-state index in [1.54, 1.807) is 0 Å². The van der Waals surface area contributed by atoms with Gasteiger partial charge in [-0.3, -0.25) is 4.79 Å². The molecule has 2 rings (SSSR count). The summed E-state index contributed by atoms with van der Waals surface area (Å²) in [5, 5.41) is 3.49. The average molecular weight is 239 g/mol. The normalized spacial score (nSPS) is 22.6. The predicted octanol–water partition coefficient (Wildman–Crippen LogP) is 2.49. The molecule has 98 valence electrons. The number of carbonyl (C=O) groups is 1. The first-order chi connectivity index (χ1) is 7.87. The molecule has 3 heteroatoms. The van der Waals surface area contributed by atoms with Crippen LogP contribution in [-0.4, -0.2) is 23.7 Å². The van der Waals surface area contributed by atoms with Crippen molar-refractivity contribution >= 4 is 5.97 Å². The van der Waals surface area contributed by atoms with Crippen molar-refractivity contribution in [1.29, 1.82) is 0 Å². The Morgan fingerprint density at radius 3 is 2.00 bits per heavy atom. The Hall–Kier alpha value is -0.570. The molecule has 0 heterocycles. The van der Waals surface area contributed by atoms with Crippen molar-refractivity contribution in [3.8, 4) is 0 Å². The maximum atomic E-state index is 11.9. The van der Waals surface area contributed by atoms with Crippen molar-refractivity contribution in [2.75, 3.05) is 0 Å². The largest absolute Gasteiger partial charge is 0.459 e. The molecule has 0 bridgehead atoms. The van der Waals surface area contributed by atoms with E-state index >= 15 is 0 Å². The molecule has 2 fully saturated rings. The van der Waals surface area contributed by atoms with Gasteiger partial charge in [0, 0.05) is 6.04 Å². The van der Waals surface area contributed by atoms with Gasteiger partial charge in [0.1, 0.15) is 11.6 Å². The number of hydrogen-bond donors (Lipinski definition) is 1. The quantitative estimate of drug-likeness (QED) is 0.749. The van der Waals surface area contributed by atoms with E-state index in [1.807, 2.05) is 27.7 Å². The van der Waals surface area contributed by atoms with E-state index in [0.717, 1.165) is 11.8 Å². The Morgan fingerprint density at radius 1 is 1.18 bits per heavy atom. The molecule has 0 radical (unpaired) electrons. The van der Waals surface area contributed by atoms with E-state index in [-0.39, 0.29) is 17.6 Å². The summed E-state index contributed by atoms with van der Waals surface area (Å²) in [6.45, 7) is 7.66. The fraction of sp³-hybridized carbons (Fsp3) is 0.929. The minimum absolute atomic E-state index is 0.121. The van der Waals surface area contributed by atoms with Crippen molar-refractivity contribution in [2.45, 2.75) is 71.1 Å². The van der Waals surface area contributed by atoms with Gasteiger partial charge in [-0.15, -0.1) is 0 Å². The monoisotopic (exact) mass is 239 g/mol. The Balaban J connectivity index is 1.82. The number of rotatable bonds is 5. The second kappa shape index (κ2) is 4.60. The molecule has 2 saturated carbocycles. The third-order valence-corrected chi connectivity index (χ3v) is 3.46. The van der Waals surface area contributed by atoms with E-state index in [2.05, 4.69) is 5.32 Å². The molecule has 2 aliphatic carbocycles. The Kier molecular flexibility index (Phi) is 3.48. The summed E-state index contributed by atoms with van der Waals surface area (Å²) in [4.78, 5) is 11.9. The molecular formula is C14H25NO2. The van der Waals surface area contributed by atoms with Crippen LogP contribution in [0.4, 0.5) is 0 Å². The van der Waals surface area contributed by atoms with Crippen LogP contribution in [0.5, 0.6) is 0 Å². The first-order valence-electron chi connectivity index (χ1n) is 6.86. The molecule has 0 saturated heterocycles. The maximum Gasteiger partial charge on any atom is 0.323 e. The lowest BCUT2D eigenvalue weighted by molar-refractivity contribution is -0.157. The number of nitrogens with one attached hydrogen (secondary N) is 1. The highest BCUT2D eigenvalue weighted by molar-refractivity contribution is 5.75. The number of hydrogen-bond acceptors (Lipinski definition) is 3. The lowest BCUT2D eigenvalue weighted by Crippen LogP contribution is -2.46. The summed E-state index contributed by atoms with van der Waals surface area (Å²) in [5.41, 5.74) is -0.387. The van der Waals surface area contributed by atoms with Gasteiger partial charge in [0.15, 0.2) is 0 Å². The second-order valence-electron chi connectivity index (χ2n) is 6.62. The SMILES string of the molecule is CC(NC(C1CC1)C1CC1)C(=O)OC(C)(C)C. The zero-order chi connectivity index (χ0) is 12.6. The summed E-state index contributed by atoms with van der Waals surface area (Å²) < 4.78 is 5.40. The zero-order valence-corrected chi connectivity index (χ0v) is 11.5. The van der Waals surface area contributed by atoms with Crippen LogP contribution < -0.4 is 5.32 Å². The average Bonchev–Trinajstić information content (AvgIpc) is 3.02. The van der Waals surface area contributed by atoms with Crippen molar-refractivity contribution in [2.24, 2.45) is 11.8 Å². The van der Waals surface area contributed by atoms with Gasteiger partial charge in [-0.2, -0.15) is 0 Å². The van der Waals surface area contributed by atoms with Gasteiger partial charge in [-0.25, -0.2) is 0 Å². The molecule has 0 spiro atoms. The van der Waals surface area contributed by atoms with Crippen LogP contribution in [0.15, 0.2) is 0 Å². The van der Waals surface area contributed by atoms with Crippen molar-refractivity contribution in [3.63, 3.8) is 0 Å². The lowest BCUT2D eigenvalue weighted by atomic mass is 10.1. The second-order valence-corrected chi connectivity index (χ2v) is 6.62. The molecule has 0 aromatic rings. The molecule has 1 atom stereocenters. The van der Waals surface area contributed by atoms with E-state index in [0.29, 0.717) is 6.04 Å². The Bertz CT molecular complexity index is 275. The number of esters is 1. The first kappa shape index (κ1) is 12.9. The highest BCUT2D eigenvalue weighted by Crippen LogP contribution is 2.44. The summed E-state index contributed by atoms with van der Waals surface area (Å²) >= 11 is 0. The minimum Gasteiger partial charge on any atom is -0.459 e. The van der Waals surface area contributed by atoms with Crippen molar-refractivity contribution in [3.05, 3.63) is 0 Å². The van der Waals surface area contributed by atoms with Gasteiger partial charge in [0.05, 0.1) is 0 Å². The van der Waals surface area contributed by atoms with Gasteiger partial charge in [0.2, 0.25) is 0 Å². The van der Waals surface area contributed by atoms with Crippen LogP contribution in [0, 0.1) is 11.8 Å². The van der Waals surface area contributed by atoms with Crippen LogP contribution in [-0.2, 0) is 9.53 Å². The molecular weight excluding hydrogens is 214 g/mol. The summed E-state index contributed by atoms with van der Waals surface area (Å²) in [7, 11) is 0. The predicted molar refractivity (Wildman–Crippen MR) is 67.7 cm³/mol. The molecule has 2 aliphatic rings. The van der Waals surface area contributed by atoms with Crippen LogP contribution in [0.3, 0.4) is 0 Å². The van der Waals surface area contributed by atoms with Crippen LogP contribution >= 0.6 is 0 Å². The third-order valence-electron chi connectivity index (χ3n) is 3.46. The van der Waals surface area contributed by atoms with E-state index in [4.69, 9.17) is 4.74 Å². The Morgan fingerprint density at radius 2 is 1.65 bits per heavy atom. The molecule has 0 aliphatic heterocycles. The summed E-state index contributed by atoms with van der Waals surface area (Å²) in [6.07, 6.45) is 5.31. The standard InChI is InChI=1S/C14H25NO2/c1-9(13(16)17-14(2,3)4)15-12(10-5-6-10)11-7-8-11/h9-12,15H,5-8H2,1-4H3. The Labute approximate surface area is 104 Å². The van der Waals surface area contributed by atoms with Gasteiger partial charge < -0.3 is 10.1 Å². The number of carbonyl (C=O) groups excluding carboxylic acids is 1. The van der Waals surface area contributed by atoms with Gasteiger partial charge >= 0.3 is 5.97 Å². The molecule has 0 amide bonds. The lowest BCUT2D eigenvalue weighted by Gasteiger charge is -2.26. The van der Waals surface area contributed by atoms with E-state index in [9.17, 15) is 4.79 Å². The van der Waals surface area contributed by atoms with Crippen LogP contribution in [0.2, 0.25) is 0 Å². The van der Waals surface area contributed by atoms with Crippen LogP contribution in [0.1, 0.15) is 53.4 Å². The maximum absolute atomic E-state index is 11.9. The number of ether oxygens (including phenoxy) is 1. The topological polar surface area (TPSA) is 38.3 Å². The van der Waals surface area contributed by atoms with E-state index < -0.39 is 0 Å². The highest BCUT2D eigenvalue weighted by Gasteiger charge is 2.42. The summed E-state index contributed by atoms with van der Waals surface area (Å²) in [6, 6.07) is 0.373. The molecule has 17 heavy (non-hydrogen) atoms. The first-order valence-corrected chi connectivity index (χ1v) is 6.86. The molecule has 1 unspecified atom stereocenters. The fourth-order valence-corrected chi connectivity index (χ4v) is 2.31. The van der Waals surface area contributed by atoms with Crippen molar-refractivity contribution < 1.29 is 9.53 Å². The van der Waals surface area contributed by atoms with Gasteiger partial charge in [-0.1, -0.05) is 0 Å². The molecule has 1 N–H and O–H groups in total. The van der Waals surface area contributed by atoms with E-state index in [1.165, 1.54) is 25.7 Å². The zero-order valence-electron chi connectivity index (χ0n) is 11.5. The smallest absolute Gasteiger partial charge is 0.323 e. The molecule has 3 nitrogen and oxygen atoms in total. The fourth-order valence-electron chi connectivity index (χ4n) is 2.31. The highest BCUT2D eigenvalue weighted by atomic mass is 16.6. The minimum atomic E-state index is -0.387. The third kappa shape index (κ3) is 3.98. The molecule has 0 aromatic heterocycles. The van der Waals surface area contributed by atoms with Crippen molar-refractivity contribution in [1.82, 2.24) is 5.32 Å². The molecule has 0 aromatic carbocycles. The summed E-state index contributed by atoms with van der Waals surface area (Å²) in [5.74, 6) is 1.50. The van der Waals surface area contributed by atoms with Gasteiger partial charge in [0.25, 0.3) is 0 Å². The van der Waals surface area contributed by atoms with Crippen LogP contribution in [0.25, 0.3) is 0 Å². The van der Waals surface area contributed by atoms with Gasteiger partial charge in [-0.05, 0) is 65.2 Å².